The van der Waals surface area contributed by atoms with Crippen molar-refractivity contribution < 1.29 is 18.6 Å². The maximum Gasteiger partial charge on any atom is 0.0542 e. The number of nitrogens with zero attached hydrogens (tertiary/aromatic N) is 4. The predicted molar refractivity (Wildman–Crippen MR) is 381 cm³/mol. The van der Waals surface area contributed by atoms with Gasteiger partial charge in [-0.25, -0.2) is 0 Å². The Morgan fingerprint density at radius 2 is 0.495 bits per heavy atom. The molecule has 0 spiro atoms. The van der Waals surface area contributed by atoms with Gasteiger partial charge in [-0.05, 0) is 144 Å². The molecule has 4 aromatic heterocycles. The van der Waals surface area contributed by atoms with Crippen LogP contribution in [0.5, 0.6) is 0 Å². The van der Waals surface area contributed by atoms with Crippen LogP contribution in [-0.4, -0.2) is 18.3 Å². The number of rotatable bonds is 8. The van der Waals surface area contributed by atoms with Gasteiger partial charge in [-0.1, -0.05) is 242 Å². The standard InChI is InChI=1S/2C43H30N2.V/c1-29-12-10-13-30(26-29)31-14-11-15-32(27-31)38-28-33(44-39-20-6-2-16-34(39)35-17-3-7-21-40(35)44)24-25-43(38)45-41-22-8-4-18-36(41)37-19-5-9-23-42(37)45;1-29-18-20-31(21-19-29)38-28-32(24-27-43(38)45-41-16-8-4-12-36(41)37-13-5-9-17-42(37)45)30-22-25-33(26-23-30)44-39-14-6-2-10-34(39)35-11-3-7-15-40(35)44;/h2*2-28H,1H3;. The summed E-state index contributed by atoms with van der Waals surface area (Å²) < 4.78 is 9.65. The van der Waals surface area contributed by atoms with Gasteiger partial charge in [0.1, 0.15) is 0 Å². The smallest absolute Gasteiger partial charge is 0.0542 e. The minimum absolute atomic E-state index is 0. The third-order valence-corrected chi connectivity index (χ3v) is 18.4. The van der Waals surface area contributed by atoms with Gasteiger partial charge in [-0.15, -0.1) is 0 Å². The van der Waals surface area contributed by atoms with Crippen molar-refractivity contribution in [2.45, 2.75) is 13.8 Å². The van der Waals surface area contributed by atoms with Crippen LogP contribution in [0.2, 0.25) is 0 Å². The van der Waals surface area contributed by atoms with Crippen molar-refractivity contribution >= 4 is 87.2 Å². The van der Waals surface area contributed by atoms with Crippen LogP contribution in [0.15, 0.2) is 328 Å². The van der Waals surface area contributed by atoms with Crippen molar-refractivity contribution in [3.8, 4) is 67.3 Å². The van der Waals surface area contributed by atoms with Crippen LogP contribution in [0.4, 0.5) is 0 Å². The molecule has 4 heterocycles. The molecule has 14 aromatic carbocycles. The zero-order valence-electron chi connectivity index (χ0n) is 50.4. The van der Waals surface area contributed by atoms with Crippen molar-refractivity contribution in [2.24, 2.45) is 0 Å². The Hall–Kier alpha value is -11.1. The molecular formula is C86H60N4V. The first-order valence-electron chi connectivity index (χ1n) is 31.1. The van der Waals surface area contributed by atoms with E-state index in [9.17, 15) is 0 Å². The minimum atomic E-state index is 0. The van der Waals surface area contributed by atoms with Crippen molar-refractivity contribution in [3.63, 3.8) is 0 Å². The first-order chi connectivity index (χ1) is 44.5. The zero-order valence-corrected chi connectivity index (χ0v) is 51.8. The van der Waals surface area contributed by atoms with E-state index in [-0.39, 0.29) is 18.6 Å². The van der Waals surface area contributed by atoms with Gasteiger partial charge in [0, 0.05) is 84.1 Å². The van der Waals surface area contributed by atoms with E-state index in [1.807, 2.05) is 0 Å². The van der Waals surface area contributed by atoms with Gasteiger partial charge in [0.05, 0.1) is 55.5 Å². The van der Waals surface area contributed by atoms with Gasteiger partial charge in [0.15, 0.2) is 0 Å². The Morgan fingerprint density at radius 1 is 0.187 bits per heavy atom. The Balaban J connectivity index is 0.000000144. The molecule has 0 fully saturated rings. The van der Waals surface area contributed by atoms with Gasteiger partial charge < -0.3 is 18.3 Å². The average molecular weight is 1200 g/mol. The van der Waals surface area contributed by atoms with Crippen LogP contribution in [0, 0.1) is 13.8 Å². The summed E-state index contributed by atoms with van der Waals surface area (Å²) in [4.78, 5) is 0. The van der Waals surface area contributed by atoms with E-state index < -0.39 is 0 Å². The second kappa shape index (κ2) is 22.8. The third kappa shape index (κ3) is 9.38. The van der Waals surface area contributed by atoms with Crippen LogP contribution >= 0.6 is 0 Å². The molecule has 0 amide bonds. The molecule has 18 aromatic rings. The number of fused-ring (bicyclic) bond motifs is 12. The maximum atomic E-state index is 2.44. The molecule has 0 aliphatic heterocycles. The van der Waals surface area contributed by atoms with E-state index in [2.05, 4.69) is 360 Å². The number of aromatic nitrogens is 4. The number of aryl methyl sites for hydroxylation is 2. The molecule has 0 saturated heterocycles. The Morgan fingerprint density at radius 3 is 0.923 bits per heavy atom. The largest absolute Gasteiger partial charge is 0.309 e. The van der Waals surface area contributed by atoms with Gasteiger partial charge >= 0.3 is 0 Å². The van der Waals surface area contributed by atoms with Gasteiger partial charge in [0.2, 0.25) is 0 Å². The monoisotopic (exact) mass is 1200 g/mol. The molecule has 0 saturated carbocycles. The molecule has 1 radical (unpaired) electrons. The molecule has 0 unspecified atom stereocenters. The average Bonchev–Trinajstić information content (AvgIpc) is 1.65. The molecular weight excluding hydrogens is 1140 g/mol. The Labute approximate surface area is 540 Å². The van der Waals surface area contributed by atoms with E-state index in [1.54, 1.807) is 0 Å². The van der Waals surface area contributed by atoms with Crippen molar-refractivity contribution in [2.75, 3.05) is 0 Å². The van der Waals surface area contributed by atoms with Crippen LogP contribution in [-0.2, 0) is 18.6 Å². The van der Waals surface area contributed by atoms with Crippen LogP contribution in [0.1, 0.15) is 11.1 Å². The summed E-state index contributed by atoms with van der Waals surface area (Å²) in [6.07, 6.45) is 0. The molecule has 5 heteroatoms. The van der Waals surface area contributed by atoms with E-state index in [0.29, 0.717) is 0 Å². The third-order valence-electron chi connectivity index (χ3n) is 18.4. The molecule has 0 bridgehead atoms. The fourth-order valence-electron chi connectivity index (χ4n) is 14.2. The first kappa shape index (κ1) is 55.2. The normalized spacial score (nSPS) is 11.5. The van der Waals surface area contributed by atoms with Crippen LogP contribution in [0.25, 0.3) is 154 Å². The molecule has 18 rings (SSSR count). The zero-order chi connectivity index (χ0) is 59.8. The minimum Gasteiger partial charge on any atom is -0.309 e. The number of benzene rings is 14. The van der Waals surface area contributed by atoms with E-state index in [1.165, 1.54) is 154 Å². The van der Waals surface area contributed by atoms with E-state index >= 15 is 0 Å². The molecule has 0 aliphatic carbocycles. The van der Waals surface area contributed by atoms with E-state index in [4.69, 9.17) is 0 Å². The van der Waals surface area contributed by atoms with Gasteiger partial charge in [-0.3, -0.25) is 0 Å². The van der Waals surface area contributed by atoms with Gasteiger partial charge in [-0.2, -0.15) is 0 Å². The molecule has 0 aliphatic rings. The number of para-hydroxylation sites is 8. The summed E-state index contributed by atoms with van der Waals surface area (Å²) >= 11 is 0. The second-order valence-corrected chi connectivity index (χ2v) is 23.8. The molecule has 429 valence electrons. The van der Waals surface area contributed by atoms with E-state index in [0.717, 1.165) is 11.4 Å². The Kier molecular flexibility index (Phi) is 13.8. The molecule has 0 atom stereocenters. The number of hydrogen-bond donors (Lipinski definition) is 0. The topological polar surface area (TPSA) is 19.7 Å². The summed E-state index contributed by atoms with van der Waals surface area (Å²) in [5.74, 6) is 0. The van der Waals surface area contributed by atoms with Crippen LogP contribution in [0.3, 0.4) is 0 Å². The summed E-state index contributed by atoms with van der Waals surface area (Å²) in [5, 5.41) is 10.2. The van der Waals surface area contributed by atoms with Crippen molar-refractivity contribution in [3.05, 3.63) is 339 Å². The quantitative estimate of drug-likeness (QED) is 0.144. The van der Waals surface area contributed by atoms with Crippen LogP contribution < -0.4 is 0 Å². The Bertz CT molecular complexity index is 5600. The maximum absolute atomic E-state index is 2.44. The first-order valence-corrected chi connectivity index (χ1v) is 31.1. The number of hydrogen-bond acceptors (Lipinski definition) is 0. The molecule has 0 N–H and O–H groups in total. The second-order valence-electron chi connectivity index (χ2n) is 23.8. The molecule has 91 heavy (non-hydrogen) atoms. The summed E-state index contributed by atoms with van der Waals surface area (Å²) in [5.41, 5.74) is 26.5. The fourth-order valence-corrected chi connectivity index (χ4v) is 14.2. The fraction of sp³-hybridized carbons (Fsp3) is 0.0233. The summed E-state index contributed by atoms with van der Waals surface area (Å²) in [6.45, 7) is 4.30. The summed E-state index contributed by atoms with van der Waals surface area (Å²) in [7, 11) is 0. The summed E-state index contributed by atoms with van der Waals surface area (Å²) in [6, 6.07) is 119. The SMILES string of the molecule is Cc1ccc(-c2cc(-c3ccc(-n4c5ccccc5c5ccccc54)cc3)ccc2-n2c3ccccc3c3ccccc32)cc1.Cc1cccc(-c2cccc(-c3cc(-n4c5ccccc5c5ccccc54)ccc3-n3c4ccccc4c4ccccc43)c2)c1.[V]. The van der Waals surface area contributed by atoms with Crippen molar-refractivity contribution in [1.29, 1.82) is 0 Å². The molecule has 4 nitrogen and oxygen atoms in total. The predicted octanol–water partition coefficient (Wildman–Crippen LogP) is 23.0. The van der Waals surface area contributed by atoms with Gasteiger partial charge in [0.25, 0.3) is 0 Å². The van der Waals surface area contributed by atoms with Crippen molar-refractivity contribution in [1.82, 2.24) is 18.3 Å².